The molecule has 1 aromatic rings. The van der Waals surface area contributed by atoms with Gasteiger partial charge in [-0.05, 0) is 12.5 Å². The summed E-state index contributed by atoms with van der Waals surface area (Å²) in [6, 6.07) is 5.65. The number of unbranched alkanes of at least 4 members (excludes halogenated alkanes) is 3. The van der Waals surface area contributed by atoms with Crippen molar-refractivity contribution in [3.05, 3.63) is 29.8 Å². The predicted molar refractivity (Wildman–Crippen MR) is 68.8 cm³/mol. The van der Waals surface area contributed by atoms with Crippen molar-refractivity contribution in [2.24, 2.45) is 5.73 Å². The maximum atomic E-state index is 12.3. The Kier molecular flexibility index (Phi) is 6.15. The molecule has 1 rings (SSSR count). The summed E-state index contributed by atoms with van der Waals surface area (Å²) in [7, 11) is 0. The Hall–Kier alpha value is -1.23. The van der Waals surface area contributed by atoms with Gasteiger partial charge in [0.1, 0.15) is 5.75 Å². The molecule has 0 spiro atoms. The van der Waals surface area contributed by atoms with Gasteiger partial charge in [-0.25, -0.2) is 0 Å². The second kappa shape index (κ2) is 7.38. The number of alkyl halides is 3. The van der Waals surface area contributed by atoms with E-state index >= 15 is 0 Å². The van der Waals surface area contributed by atoms with E-state index < -0.39 is 12.4 Å². The molecule has 1 atom stereocenters. The van der Waals surface area contributed by atoms with Gasteiger partial charge < -0.3 is 10.5 Å². The second-order valence-electron chi connectivity index (χ2n) is 4.54. The van der Waals surface area contributed by atoms with E-state index in [1.54, 1.807) is 12.1 Å². The number of hydrogen-bond donors (Lipinski definition) is 1. The molecule has 0 heterocycles. The summed E-state index contributed by atoms with van der Waals surface area (Å²) >= 11 is 0. The summed E-state index contributed by atoms with van der Waals surface area (Å²) in [5.41, 5.74) is 6.36. The first-order valence-corrected chi connectivity index (χ1v) is 6.54. The Morgan fingerprint density at radius 3 is 2.47 bits per heavy atom. The third-order valence-corrected chi connectivity index (χ3v) is 2.91. The lowest BCUT2D eigenvalue weighted by molar-refractivity contribution is -0.275. The fourth-order valence-electron chi connectivity index (χ4n) is 1.95. The SMILES string of the molecule is CCCCCCC(N)c1ccccc1OC(F)(F)F. The maximum absolute atomic E-state index is 12.3. The molecule has 5 heteroatoms. The first-order valence-electron chi connectivity index (χ1n) is 6.54. The van der Waals surface area contributed by atoms with Crippen molar-refractivity contribution in [2.75, 3.05) is 0 Å². The quantitative estimate of drug-likeness (QED) is 0.740. The molecular formula is C14H20F3NO. The zero-order valence-corrected chi connectivity index (χ0v) is 11.0. The Morgan fingerprint density at radius 1 is 1.16 bits per heavy atom. The van der Waals surface area contributed by atoms with Crippen LogP contribution in [0.1, 0.15) is 50.6 Å². The first kappa shape index (κ1) is 15.8. The standard InChI is InChI=1S/C14H20F3NO/c1-2-3-4-5-9-12(18)11-8-6-7-10-13(11)19-14(15,16)17/h6-8,10,12H,2-5,9,18H2,1H3. The van der Waals surface area contributed by atoms with Gasteiger partial charge in [-0.15, -0.1) is 13.2 Å². The lowest BCUT2D eigenvalue weighted by Crippen LogP contribution is -2.20. The minimum Gasteiger partial charge on any atom is -0.405 e. The number of benzene rings is 1. The third kappa shape index (κ3) is 5.96. The summed E-state index contributed by atoms with van der Waals surface area (Å²) in [6.45, 7) is 2.10. The third-order valence-electron chi connectivity index (χ3n) is 2.91. The molecule has 2 N–H and O–H groups in total. The Labute approximate surface area is 111 Å². The van der Waals surface area contributed by atoms with Gasteiger partial charge in [0.05, 0.1) is 0 Å². The predicted octanol–water partition coefficient (Wildman–Crippen LogP) is 4.56. The van der Waals surface area contributed by atoms with Crippen molar-refractivity contribution < 1.29 is 17.9 Å². The van der Waals surface area contributed by atoms with Gasteiger partial charge in [0, 0.05) is 11.6 Å². The van der Waals surface area contributed by atoms with E-state index in [1.807, 2.05) is 0 Å². The molecule has 0 radical (unpaired) electrons. The molecule has 19 heavy (non-hydrogen) atoms. The van der Waals surface area contributed by atoms with E-state index in [0.717, 1.165) is 25.7 Å². The van der Waals surface area contributed by atoms with Gasteiger partial charge >= 0.3 is 6.36 Å². The molecule has 0 aliphatic heterocycles. The molecule has 0 aromatic heterocycles. The molecule has 0 saturated heterocycles. The normalized spacial score (nSPS) is 13.3. The van der Waals surface area contributed by atoms with Crippen LogP contribution in [0.15, 0.2) is 24.3 Å². The summed E-state index contributed by atoms with van der Waals surface area (Å²) in [4.78, 5) is 0. The molecule has 0 aliphatic rings. The minimum absolute atomic E-state index is 0.196. The lowest BCUT2D eigenvalue weighted by Gasteiger charge is -2.17. The monoisotopic (exact) mass is 275 g/mol. The molecule has 0 fully saturated rings. The zero-order chi connectivity index (χ0) is 14.3. The second-order valence-corrected chi connectivity index (χ2v) is 4.54. The number of nitrogens with two attached hydrogens (primary N) is 1. The van der Waals surface area contributed by atoms with E-state index in [2.05, 4.69) is 11.7 Å². The van der Waals surface area contributed by atoms with Gasteiger partial charge in [-0.3, -0.25) is 0 Å². The van der Waals surface area contributed by atoms with Crippen LogP contribution in [-0.4, -0.2) is 6.36 Å². The van der Waals surface area contributed by atoms with Gasteiger partial charge in [0.25, 0.3) is 0 Å². The largest absolute Gasteiger partial charge is 0.573 e. The van der Waals surface area contributed by atoms with Gasteiger partial charge in [0.2, 0.25) is 0 Å². The summed E-state index contributed by atoms with van der Waals surface area (Å²) in [5, 5.41) is 0. The van der Waals surface area contributed by atoms with Crippen molar-refractivity contribution in [3.63, 3.8) is 0 Å². The van der Waals surface area contributed by atoms with E-state index in [0.29, 0.717) is 12.0 Å². The highest BCUT2D eigenvalue weighted by molar-refractivity contribution is 5.35. The van der Waals surface area contributed by atoms with Crippen LogP contribution in [0.25, 0.3) is 0 Å². The van der Waals surface area contributed by atoms with Crippen molar-refractivity contribution in [2.45, 2.75) is 51.4 Å². The fraction of sp³-hybridized carbons (Fsp3) is 0.571. The lowest BCUT2D eigenvalue weighted by atomic mass is 10.00. The Bertz CT molecular complexity index is 379. The van der Waals surface area contributed by atoms with Crippen LogP contribution in [0.2, 0.25) is 0 Å². The molecule has 0 amide bonds. The van der Waals surface area contributed by atoms with Crippen LogP contribution >= 0.6 is 0 Å². The van der Waals surface area contributed by atoms with E-state index in [1.165, 1.54) is 12.1 Å². The summed E-state index contributed by atoms with van der Waals surface area (Å²) in [6.07, 6.45) is 0.175. The van der Waals surface area contributed by atoms with Crippen LogP contribution in [0.3, 0.4) is 0 Å². The average molecular weight is 275 g/mol. The smallest absolute Gasteiger partial charge is 0.405 e. The number of ether oxygens (including phenoxy) is 1. The van der Waals surface area contributed by atoms with Gasteiger partial charge in [-0.1, -0.05) is 50.8 Å². The Morgan fingerprint density at radius 2 is 1.84 bits per heavy atom. The Balaban J connectivity index is 2.65. The topological polar surface area (TPSA) is 35.2 Å². The summed E-state index contributed by atoms with van der Waals surface area (Å²) < 4.78 is 40.8. The zero-order valence-electron chi connectivity index (χ0n) is 11.0. The number of rotatable bonds is 7. The van der Waals surface area contributed by atoms with Gasteiger partial charge in [-0.2, -0.15) is 0 Å². The number of para-hydroxylation sites is 1. The van der Waals surface area contributed by atoms with Crippen LogP contribution in [0.4, 0.5) is 13.2 Å². The van der Waals surface area contributed by atoms with E-state index in [9.17, 15) is 13.2 Å². The van der Waals surface area contributed by atoms with Crippen molar-refractivity contribution in [1.29, 1.82) is 0 Å². The number of hydrogen-bond acceptors (Lipinski definition) is 2. The van der Waals surface area contributed by atoms with Gasteiger partial charge in [0.15, 0.2) is 0 Å². The maximum Gasteiger partial charge on any atom is 0.573 e. The number of halogens is 3. The molecule has 1 aromatic carbocycles. The van der Waals surface area contributed by atoms with Crippen molar-refractivity contribution in [3.8, 4) is 5.75 Å². The van der Waals surface area contributed by atoms with Crippen LogP contribution in [-0.2, 0) is 0 Å². The van der Waals surface area contributed by atoms with E-state index in [-0.39, 0.29) is 5.75 Å². The molecule has 0 bridgehead atoms. The minimum atomic E-state index is -4.68. The molecule has 2 nitrogen and oxygen atoms in total. The van der Waals surface area contributed by atoms with Crippen molar-refractivity contribution >= 4 is 0 Å². The first-order chi connectivity index (χ1) is 8.94. The molecule has 0 saturated carbocycles. The highest BCUT2D eigenvalue weighted by Gasteiger charge is 2.32. The van der Waals surface area contributed by atoms with Crippen LogP contribution < -0.4 is 10.5 Å². The molecule has 0 aliphatic carbocycles. The van der Waals surface area contributed by atoms with Crippen LogP contribution in [0, 0.1) is 0 Å². The highest BCUT2D eigenvalue weighted by atomic mass is 19.4. The fourth-order valence-corrected chi connectivity index (χ4v) is 1.95. The summed E-state index contributed by atoms with van der Waals surface area (Å²) in [5.74, 6) is -0.196. The molecule has 1 unspecified atom stereocenters. The van der Waals surface area contributed by atoms with Crippen molar-refractivity contribution in [1.82, 2.24) is 0 Å². The van der Waals surface area contributed by atoms with E-state index in [4.69, 9.17) is 5.73 Å². The van der Waals surface area contributed by atoms with Crippen LogP contribution in [0.5, 0.6) is 5.75 Å². The molecular weight excluding hydrogens is 255 g/mol. The highest BCUT2D eigenvalue weighted by Crippen LogP contribution is 2.31. The average Bonchev–Trinajstić information content (AvgIpc) is 2.33. The molecule has 108 valence electrons.